The van der Waals surface area contributed by atoms with E-state index in [1.165, 1.54) is 0 Å². The van der Waals surface area contributed by atoms with E-state index < -0.39 is 0 Å². The van der Waals surface area contributed by atoms with Crippen LogP contribution in [-0.4, -0.2) is 60.6 Å². The maximum Gasteiger partial charge on any atom is 0.176 e. The van der Waals surface area contributed by atoms with Crippen LogP contribution in [0.1, 0.15) is 20.7 Å². The van der Waals surface area contributed by atoms with Crippen LogP contribution < -0.4 is 0 Å². The Kier molecular flexibility index (Phi) is 5.97. The lowest BCUT2D eigenvalue weighted by Gasteiger charge is -2.33. The maximum atomic E-state index is 12.3. The smallest absolute Gasteiger partial charge is 0.176 e. The van der Waals surface area contributed by atoms with Gasteiger partial charge in [0.15, 0.2) is 11.6 Å². The summed E-state index contributed by atoms with van der Waals surface area (Å²) < 4.78 is 0. The predicted octanol–water partition coefficient (Wildman–Crippen LogP) is 3.02. The second-order valence-corrected chi connectivity index (χ2v) is 6.71. The van der Waals surface area contributed by atoms with Gasteiger partial charge in [0.1, 0.15) is 0 Å². The fraction of sp³-hybridized carbons (Fsp3) is 0.300. The zero-order chi connectivity index (χ0) is 17.6. The summed E-state index contributed by atoms with van der Waals surface area (Å²) in [5, 5.41) is 0.633. The molecule has 2 aromatic carbocycles. The number of carbonyl (C=O) groups excluding carboxylic acids is 2. The van der Waals surface area contributed by atoms with E-state index in [1.54, 1.807) is 24.3 Å². The number of halogens is 1. The van der Waals surface area contributed by atoms with Gasteiger partial charge < -0.3 is 0 Å². The van der Waals surface area contributed by atoms with Crippen molar-refractivity contribution in [3.8, 4) is 0 Å². The summed E-state index contributed by atoms with van der Waals surface area (Å²) >= 11 is 5.86. The van der Waals surface area contributed by atoms with Crippen LogP contribution in [0.4, 0.5) is 0 Å². The molecule has 4 nitrogen and oxygen atoms in total. The van der Waals surface area contributed by atoms with Crippen LogP contribution in [0.2, 0.25) is 5.02 Å². The topological polar surface area (TPSA) is 40.6 Å². The third kappa shape index (κ3) is 4.98. The maximum absolute atomic E-state index is 12.3. The number of carbonyl (C=O) groups is 2. The fourth-order valence-electron chi connectivity index (χ4n) is 2.95. The Labute approximate surface area is 153 Å². The van der Waals surface area contributed by atoms with E-state index in [9.17, 15) is 9.59 Å². The van der Waals surface area contributed by atoms with Gasteiger partial charge in [0.2, 0.25) is 0 Å². The van der Waals surface area contributed by atoms with E-state index in [-0.39, 0.29) is 11.6 Å². The van der Waals surface area contributed by atoms with Gasteiger partial charge in [-0.1, -0.05) is 41.9 Å². The van der Waals surface area contributed by atoms with Gasteiger partial charge in [-0.05, 0) is 24.3 Å². The summed E-state index contributed by atoms with van der Waals surface area (Å²) in [7, 11) is 0. The Bertz CT molecular complexity index is 723. The van der Waals surface area contributed by atoms with Crippen molar-refractivity contribution in [1.82, 2.24) is 9.80 Å². The van der Waals surface area contributed by atoms with Gasteiger partial charge in [-0.25, -0.2) is 0 Å². The second-order valence-electron chi connectivity index (χ2n) is 6.27. The van der Waals surface area contributed by atoms with Crippen LogP contribution in [0.3, 0.4) is 0 Å². The van der Waals surface area contributed by atoms with Crippen molar-refractivity contribution in [2.45, 2.75) is 0 Å². The van der Waals surface area contributed by atoms with Crippen molar-refractivity contribution in [1.29, 1.82) is 0 Å². The molecule has 1 aliphatic heterocycles. The molecule has 3 rings (SSSR count). The number of hydrogen-bond donors (Lipinski definition) is 0. The first-order valence-corrected chi connectivity index (χ1v) is 8.81. The van der Waals surface area contributed by atoms with Crippen LogP contribution in [-0.2, 0) is 0 Å². The molecule has 0 unspecified atom stereocenters. The van der Waals surface area contributed by atoms with Gasteiger partial charge >= 0.3 is 0 Å². The molecule has 2 aromatic rings. The van der Waals surface area contributed by atoms with Gasteiger partial charge in [0.05, 0.1) is 13.1 Å². The lowest BCUT2D eigenvalue weighted by atomic mass is 10.1. The zero-order valence-electron chi connectivity index (χ0n) is 14.0. The molecule has 1 heterocycles. The van der Waals surface area contributed by atoms with Crippen molar-refractivity contribution in [2.75, 3.05) is 39.3 Å². The fourth-order valence-corrected chi connectivity index (χ4v) is 3.08. The Morgan fingerprint density at radius 1 is 0.720 bits per heavy atom. The molecule has 0 aromatic heterocycles. The first kappa shape index (κ1) is 17.8. The predicted molar refractivity (Wildman–Crippen MR) is 99.4 cm³/mol. The minimum atomic E-state index is 0.102. The van der Waals surface area contributed by atoms with E-state index in [1.807, 2.05) is 30.3 Å². The first-order chi connectivity index (χ1) is 12.1. The number of benzene rings is 2. The van der Waals surface area contributed by atoms with Crippen LogP contribution >= 0.6 is 11.6 Å². The van der Waals surface area contributed by atoms with Crippen molar-refractivity contribution in [3.63, 3.8) is 0 Å². The molecule has 1 fully saturated rings. The molecule has 0 spiro atoms. The van der Waals surface area contributed by atoms with E-state index in [0.717, 1.165) is 31.7 Å². The molecular formula is C20H21ClN2O2. The number of rotatable bonds is 6. The minimum Gasteiger partial charge on any atom is -0.293 e. The molecule has 130 valence electrons. The number of piperazine rings is 1. The first-order valence-electron chi connectivity index (χ1n) is 8.43. The average molecular weight is 357 g/mol. The molecule has 0 bridgehead atoms. The lowest BCUT2D eigenvalue weighted by Crippen LogP contribution is -2.49. The van der Waals surface area contributed by atoms with Gasteiger partial charge in [-0.15, -0.1) is 0 Å². The van der Waals surface area contributed by atoms with Crippen LogP contribution in [0, 0.1) is 0 Å². The van der Waals surface area contributed by atoms with E-state index in [2.05, 4.69) is 9.80 Å². The average Bonchev–Trinajstić information content (AvgIpc) is 2.64. The summed E-state index contributed by atoms with van der Waals surface area (Å²) in [5.74, 6) is 0.247. The molecule has 0 atom stereocenters. The molecule has 0 aliphatic carbocycles. The molecule has 1 aliphatic rings. The zero-order valence-corrected chi connectivity index (χ0v) is 14.8. The highest BCUT2D eigenvalue weighted by atomic mass is 35.5. The Morgan fingerprint density at radius 3 is 1.64 bits per heavy atom. The minimum absolute atomic E-state index is 0.102. The molecular weight excluding hydrogens is 336 g/mol. The van der Waals surface area contributed by atoms with E-state index >= 15 is 0 Å². The third-order valence-electron chi connectivity index (χ3n) is 4.46. The number of Topliss-reactive ketones (excluding diaryl/α,β-unsaturated/α-hetero) is 2. The molecule has 0 radical (unpaired) electrons. The van der Waals surface area contributed by atoms with Gasteiger partial charge in [-0.3, -0.25) is 19.4 Å². The number of ketones is 2. The summed E-state index contributed by atoms with van der Waals surface area (Å²) in [6.07, 6.45) is 0. The monoisotopic (exact) mass is 356 g/mol. The third-order valence-corrected chi connectivity index (χ3v) is 4.71. The van der Waals surface area contributed by atoms with Crippen molar-refractivity contribution >= 4 is 23.2 Å². The summed E-state index contributed by atoms with van der Waals surface area (Å²) in [5.41, 5.74) is 1.44. The number of nitrogens with zero attached hydrogens (tertiary/aromatic N) is 2. The van der Waals surface area contributed by atoms with E-state index in [0.29, 0.717) is 23.7 Å². The van der Waals surface area contributed by atoms with E-state index in [4.69, 9.17) is 11.6 Å². The largest absolute Gasteiger partial charge is 0.293 e. The molecule has 25 heavy (non-hydrogen) atoms. The van der Waals surface area contributed by atoms with Crippen LogP contribution in [0.15, 0.2) is 54.6 Å². The molecule has 0 saturated carbocycles. The highest BCUT2D eigenvalue weighted by molar-refractivity contribution is 6.30. The van der Waals surface area contributed by atoms with Gasteiger partial charge in [-0.2, -0.15) is 0 Å². The lowest BCUT2D eigenvalue weighted by molar-refractivity contribution is 0.0783. The van der Waals surface area contributed by atoms with Crippen molar-refractivity contribution in [2.24, 2.45) is 0 Å². The molecule has 0 N–H and O–H groups in total. The standard InChI is InChI=1S/C20H21ClN2O2/c21-18-8-6-17(7-9-18)20(25)15-23-12-10-22(11-13-23)14-19(24)16-4-2-1-3-5-16/h1-9H,10-15H2. The second kappa shape index (κ2) is 8.39. The summed E-state index contributed by atoms with van der Waals surface area (Å²) in [6.45, 7) is 4.02. The Hall–Kier alpha value is -2.01. The number of hydrogen-bond acceptors (Lipinski definition) is 4. The van der Waals surface area contributed by atoms with Crippen LogP contribution in [0.5, 0.6) is 0 Å². The molecule has 1 saturated heterocycles. The van der Waals surface area contributed by atoms with Gasteiger partial charge in [0, 0.05) is 42.3 Å². The van der Waals surface area contributed by atoms with Crippen molar-refractivity contribution in [3.05, 3.63) is 70.7 Å². The molecule has 0 amide bonds. The quantitative estimate of drug-likeness (QED) is 0.746. The van der Waals surface area contributed by atoms with Crippen molar-refractivity contribution < 1.29 is 9.59 Å². The molecule has 5 heteroatoms. The summed E-state index contributed by atoms with van der Waals surface area (Å²) in [6, 6.07) is 16.4. The summed E-state index contributed by atoms with van der Waals surface area (Å²) in [4.78, 5) is 28.9. The Morgan fingerprint density at radius 2 is 1.16 bits per heavy atom. The highest BCUT2D eigenvalue weighted by Gasteiger charge is 2.21. The SMILES string of the molecule is O=C(CN1CCN(CC(=O)c2ccc(Cl)cc2)CC1)c1ccccc1. The Balaban J connectivity index is 1.46. The highest BCUT2D eigenvalue weighted by Crippen LogP contribution is 2.11. The normalized spacial score (nSPS) is 15.9. The van der Waals surface area contributed by atoms with Gasteiger partial charge in [0.25, 0.3) is 0 Å². The van der Waals surface area contributed by atoms with Crippen LogP contribution in [0.25, 0.3) is 0 Å².